The van der Waals surface area contributed by atoms with Crippen LogP contribution in [-0.2, 0) is 0 Å². The van der Waals surface area contributed by atoms with Crippen molar-refractivity contribution in [2.75, 3.05) is 22.2 Å². The van der Waals surface area contributed by atoms with Crippen molar-refractivity contribution in [2.45, 2.75) is 89.9 Å². The highest BCUT2D eigenvalue weighted by atomic mass is 79.9. The molecule has 0 saturated heterocycles. The molecule has 0 aliphatic rings. The molecule has 0 heterocycles. The maximum absolute atomic E-state index is 3.49. The Labute approximate surface area is 164 Å². The molecule has 22 heavy (non-hydrogen) atoms. The summed E-state index contributed by atoms with van der Waals surface area (Å²) < 4.78 is 0. The van der Waals surface area contributed by atoms with E-state index < -0.39 is 0 Å². The summed E-state index contributed by atoms with van der Waals surface area (Å²) in [5, 5.41) is 2.36. The van der Waals surface area contributed by atoms with Gasteiger partial charge in [0.25, 0.3) is 0 Å². The van der Waals surface area contributed by atoms with Gasteiger partial charge in [0.15, 0.2) is 0 Å². The number of halogens is 2. The van der Waals surface area contributed by atoms with Crippen molar-refractivity contribution in [3.05, 3.63) is 0 Å². The molecule has 0 unspecified atom stereocenters. The van der Waals surface area contributed by atoms with Crippen molar-refractivity contribution in [2.24, 2.45) is 0 Å². The Balaban J connectivity index is 2.91. The number of unbranched alkanes of at least 4 members (excludes halogenated alkanes) is 12. The lowest BCUT2D eigenvalue weighted by Crippen LogP contribution is -1.84. The largest absolute Gasteiger partial charge is 0.0942 e. The van der Waals surface area contributed by atoms with E-state index in [4.69, 9.17) is 0 Å². The minimum Gasteiger partial charge on any atom is -0.0942 e. The first-order valence-electron chi connectivity index (χ1n) is 9.28. The summed E-state index contributed by atoms with van der Waals surface area (Å²) in [5.41, 5.74) is 0. The molecule has 0 nitrogen and oxygen atoms in total. The highest BCUT2D eigenvalue weighted by Gasteiger charge is 1.95. The minimum atomic E-state index is 1.18. The molecule has 0 aliphatic heterocycles. The van der Waals surface area contributed by atoms with Crippen LogP contribution >= 0.6 is 53.4 Å². The van der Waals surface area contributed by atoms with Crippen LogP contribution in [0.2, 0.25) is 0 Å². The molecular formula is C18H36Br2S2. The van der Waals surface area contributed by atoms with Crippen molar-refractivity contribution in [3.63, 3.8) is 0 Å². The van der Waals surface area contributed by atoms with Gasteiger partial charge >= 0.3 is 0 Å². The fourth-order valence-electron chi connectivity index (χ4n) is 2.40. The molecule has 0 N–H and O–H groups in total. The van der Waals surface area contributed by atoms with Crippen LogP contribution in [0.25, 0.3) is 0 Å². The Morgan fingerprint density at radius 2 is 0.636 bits per heavy atom. The Morgan fingerprint density at radius 3 is 0.955 bits per heavy atom. The third-order valence-corrected chi connectivity index (χ3v) is 7.50. The maximum Gasteiger partial charge on any atom is 0.00369 e. The van der Waals surface area contributed by atoms with Gasteiger partial charge in [-0.2, -0.15) is 0 Å². The lowest BCUT2D eigenvalue weighted by atomic mass is 10.1. The van der Waals surface area contributed by atoms with Crippen molar-refractivity contribution in [1.82, 2.24) is 0 Å². The van der Waals surface area contributed by atoms with Crippen LogP contribution < -0.4 is 0 Å². The normalized spacial score (nSPS) is 11.2. The first kappa shape index (κ1) is 23.7. The van der Waals surface area contributed by atoms with Crippen molar-refractivity contribution in [1.29, 1.82) is 0 Å². The minimum absolute atomic E-state index is 1.18. The Bertz CT molecular complexity index is 172. The monoisotopic (exact) mass is 474 g/mol. The van der Waals surface area contributed by atoms with Crippen LogP contribution in [-0.4, -0.2) is 22.2 Å². The van der Waals surface area contributed by atoms with Gasteiger partial charge in [-0.3, -0.25) is 0 Å². The average molecular weight is 476 g/mol. The van der Waals surface area contributed by atoms with E-state index in [1.165, 1.54) is 112 Å². The van der Waals surface area contributed by atoms with E-state index in [1.807, 2.05) is 0 Å². The first-order valence-corrected chi connectivity index (χ1v) is 14.0. The molecule has 0 fully saturated rings. The van der Waals surface area contributed by atoms with Gasteiger partial charge in [0, 0.05) is 22.2 Å². The highest BCUT2D eigenvalue weighted by molar-refractivity contribution is 9.09. The second-order valence-electron chi connectivity index (χ2n) is 5.97. The smallest absolute Gasteiger partial charge is 0.00369 e. The molecule has 0 aromatic carbocycles. The summed E-state index contributed by atoms with van der Waals surface area (Å²) in [6, 6.07) is 0. The molecule has 134 valence electrons. The van der Waals surface area contributed by atoms with E-state index in [1.54, 1.807) is 0 Å². The van der Waals surface area contributed by atoms with Gasteiger partial charge in [-0.05, 0) is 25.7 Å². The van der Waals surface area contributed by atoms with Gasteiger partial charge in [-0.15, -0.1) is 0 Å². The maximum atomic E-state index is 3.49. The van der Waals surface area contributed by atoms with Crippen molar-refractivity contribution < 1.29 is 0 Å². The number of rotatable bonds is 19. The predicted molar refractivity (Wildman–Crippen MR) is 117 cm³/mol. The summed E-state index contributed by atoms with van der Waals surface area (Å²) in [5.74, 6) is 2.72. The fraction of sp³-hybridized carbons (Fsp3) is 1.00. The fourth-order valence-corrected chi connectivity index (χ4v) is 5.48. The van der Waals surface area contributed by atoms with Gasteiger partial charge in [-0.1, -0.05) is 118 Å². The average Bonchev–Trinajstić information content (AvgIpc) is 2.54. The third-order valence-electron chi connectivity index (χ3n) is 3.81. The van der Waals surface area contributed by atoms with Crippen LogP contribution in [0, 0.1) is 0 Å². The van der Waals surface area contributed by atoms with E-state index in [0.29, 0.717) is 0 Å². The molecule has 0 aliphatic carbocycles. The standard InChI is InChI=1S/C18H36Br2S2/c19-15-11-7-3-1-5-9-13-17-21-22-18-14-10-6-2-4-8-12-16-20/h1-18H2. The molecule has 0 spiro atoms. The molecule has 0 bridgehead atoms. The van der Waals surface area contributed by atoms with Crippen LogP contribution in [0.5, 0.6) is 0 Å². The van der Waals surface area contributed by atoms with Gasteiger partial charge in [0.05, 0.1) is 0 Å². The second-order valence-corrected chi connectivity index (χ2v) is 10.3. The molecule has 4 heteroatoms. The van der Waals surface area contributed by atoms with E-state index in [9.17, 15) is 0 Å². The zero-order valence-electron chi connectivity index (χ0n) is 14.3. The van der Waals surface area contributed by atoms with Gasteiger partial charge in [0.2, 0.25) is 0 Å². The number of hydrogen-bond acceptors (Lipinski definition) is 2. The summed E-state index contributed by atoms with van der Waals surface area (Å²) in [6.07, 6.45) is 19.9. The van der Waals surface area contributed by atoms with Crippen LogP contribution in [0.15, 0.2) is 0 Å². The molecule has 0 atom stereocenters. The molecule has 0 saturated carbocycles. The third kappa shape index (κ3) is 21.7. The first-order chi connectivity index (χ1) is 10.9. The molecule has 0 radical (unpaired) electrons. The quantitative estimate of drug-likeness (QED) is 0.104. The lowest BCUT2D eigenvalue weighted by Gasteiger charge is -2.03. The van der Waals surface area contributed by atoms with Crippen LogP contribution in [0.1, 0.15) is 89.9 Å². The van der Waals surface area contributed by atoms with Gasteiger partial charge in [-0.25, -0.2) is 0 Å². The van der Waals surface area contributed by atoms with E-state index in [-0.39, 0.29) is 0 Å². The Hall–Kier alpha value is 1.66. The lowest BCUT2D eigenvalue weighted by molar-refractivity contribution is 0.606. The number of alkyl halides is 2. The molecule has 0 aromatic rings. The van der Waals surface area contributed by atoms with E-state index >= 15 is 0 Å². The van der Waals surface area contributed by atoms with Crippen molar-refractivity contribution >= 4 is 53.4 Å². The van der Waals surface area contributed by atoms with E-state index in [0.717, 1.165) is 0 Å². The SMILES string of the molecule is BrCCCCCCCCCSSCCCCCCCCCBr. The molecule has 0 amide bonds. The predicted octanol–water partition coefficient (Wildman–Crippen LogP) is 8.62. The summed E-state index contributed by atoms with van der Waals surface area (Å²) >= 11 is 6.99. The zero-order valence-corrected chi connectivity index (χ0v) is 19.1. The van der Waals surface area contributed by atoms with Crippen molar-refractivity contribution in [3.8, 4) is 0 Å². The topological polar surface area (TPSA) is 0 Å². The Morgan fingerprint density at radius 1 is 0.364 bits per heavy atom. The zero-order chi connectivity index (χ0) is 16.1. The van der Waals surface area contributed by atoms with Gasteiger partial charge < -0.3 is 0 Å². The Kier molecular flexibility index (Phi) is 24.4. The van der Waals surface area contributed by atoms with Crippen LogP contribution in [0.3, 0.4) is 0 Å². The summed E-state index contributed by atoms with van der Waals surface area (Å²) in [6.45, 7) is 0. The molecular weight excluding hydrogens is 440 g/mol. The van der Waals surface area contributed by atoms with Gasteiger partial charge in [0.1, 0.15) is 0 Å². The molecule has 0 aromatic heterocycles. The van der Waals surface area contributed by atoms with E-state index in [2.05, 4.69) is 53.4 Å². The second kappa shape index (κ2) is 22.7. The summed E-state index contributed by atoms with van der Waals surface area (Å²) in [7, 11) is 4.21. The van der Waals surface area contributed by atoms with Crippen LogP contribution in [0.4, 0.5) is 0 Å². The molecule has 0 rings (SSSR count). The summed E-state index contributed by atoms with van der Waals surface area (Å²) in [4.78, 5) is 0. The highest BCUT2D eigenvalue weighted by Crippen LogP contribution is 2.24. The number of hydrogen-bond donors (Lipinski definition) is 0.